The van der Waals surface area contributed by atoms with Gasteiger partial charge in [0.25, 0.3) is 0 Å². The summed E-state index contributed by atoms with van der Waals surface area (Å²) in [5.41, 5.74) is 0.328. The minimum Gasteiger partial charge on any atom is -0.462 e. The first-order valence-corrected chi connectivity index (χ1v) is 8.60. The fraction of sp³-hybridized carbons (Fsp3) is 0.533. The van der Waals surface area contributed by atoms with Gasteiger partial charge in [0.2, 0.25) is 10.0 Å². The molecule has 0 aromatic heterocycles. The van der Waals surface area contributed by atoms with Gasteiger partial charge < -0.3 is 9.47 Å². The highest BCUT2D eigenvalue weighted by Crippen LogP contribution is 2.19. The zero-order valence-corrected chi connectivity index (χ0v) is 14.2. The largest absolute Gasteiger partial charge is 0.462 e. The standard InChI is InChI=1S/C15H23NO5S/c1-5-16(12(3)11-20-4)22(18,19)14-9-7-13(8-10-14)15(17)21-6-2/h7-10,12H,5-6,11H2,1-4H3. The Hall–Kier alpha value is -1.44. The molecule has 0 heterocycles. The Morgan fingerprint density at radius 1 is 1.23 bits per heavy atom. The summed E-state index contributed by atoms with van der Waals surface area (Å²) < 4.78 is 36.6. The number of ether oxygens (including phenoxy) is 2. The molecule has 0 amide bonds. The van der Waals surface area contributed by atoms with Crippen molar-refractivity contribution in [1.82, 2.24) is 4.31 Å². The highest BCUT2D eigenvalue weighted by molar-refractivity contribution is 7.89. The van der Waals surface area contributed by atoms with E-state index in [1.54, 1.807) is 20.8 Å². The van der Waals surface area contributed by atoms with Crippen LogP contribution in [0.15, 0.2) is 29.2 Å². The van der Waals surface area contributed by atoms with Crippen molar-refractivity contribution in [2.45, 2.75) is 31.7 Å². The quantitative estimate of drug-likeness (QED) is 0.681. The first-order chi connectivity index (χ1) is 10.4. The van der Waals surface area contributed by atoms with Gasteiger partial charge in [-0.25, -0.2) is 13.2 Å². The van der Waals surface area contributed by atoms with E-state index in [-0.39, 0.29) is 17.5 Å². The minimum absolute atomic E-state index is 0.144. The molecule has 0 bridgehead atoms. The molecule has 0 aliphatic rings. The molecule has 0 fully saturated rings. The molecule has 1 rings (SSSR count). The van der Waals surface area contributed by atoms with Gasteiger partial charge in [-0.1, -0.05) is 6.92 Å². The molecule has 1 aromatic carbocycles. The first kappa shape index (κ1) is 18.6. The zero-order chi connectivity index (χ0) is 16.8. The molecule has 0 aliphatic heterocycles. The molecule has 1 atom stereocenters. The zero-order valence-electron chi connectivity index (χ0n) is 13.4. The molecule has 22 heavy (non-hydrogen) atoms. The smallest absolute Gasteiger partial charge is 0.338 e. The third-order valence-corrected chi connectivity index (χ3v) is 5.29. The summed E-state index contributed by atoms with van der Waals surface area (Å²) in [4.78, 5) is 11.7. The van der Waals surface area contributed by atoms with Crippen LogP contribution in [0.4, 0.5) is 0 Å². The van der Waals surface area contributed by atoms with Gasteiger partial charge in [-0.05, 0) is 38.1 Å². The van der Waals surface area contributed by atoms with E-state index < -0.39 is 16.0 Å². The maximum absolute atomic E-state index is 12.6. The van der Waals surface area contributed by atoms with E-state index in [2.05, 4.69) is 0 Å². The van der Waals surface area contributed by atoms with Gasteiger partial charge in [0.1, 0.15) is 0 Å². The lowest BCUT2D eigenvalue weighted by Gasteiger charge is -2.26. The first-order valence-electron chi connectivity index (χ1n) is 7.16. The van der Waals surface area contributed by atoms with E-state index in [1.807, 2.05) is 0 Å². The number of rotatable bonds is 8. The van der Waals surface area contributed by atoms with Crippen LogP contribution in [0.5, 0.6) is 0 Å². The van der Waals surface area contributed by atoms with Crippen LogP contribution >= 0.6 is 0 Å². The monoisotopic (exact) mass is 329 g/mol. The normalized spacial score (nSPS) is 13.1. The van der Waals surface area contributed by atoms with E-state index in [0.717, 1.165) is 0 Å². The van der Waals surface area contributed by atoms with Crippen LogP contribution in [0.3, 0.4) is 0 Å². The van der Waals surface area contributed by atoms with Crippen LogP contribution in [-0.2, 0) is 19.5 Å². The van der Waals surface area contributed by atoms with Gasteiger partial charge in [-0.3, -0.25) is 0 Å². The number of benzene rings is 1. The predicted molar refractivity (Wildman–Crippen MR) is 83.3 cm³/mol. The molecule has 0 aliphatic carbocycles. The number of methoxy groups -OCH3 is 1. The average Bonchev–Trinajstić information content (AvgIpc) is 2.48. The molecule has 1 aromatic rings. The second-order valence-electron chi connectivity index (χ2n) is 4.76. The van der Waals surface area contributed by atoms with Gasteiger partial charge in [0, 0.05) is 19.7 Å². The Bertz CT molecular complexity index is 582. The van der Waals surface area contributed by atoms with Gasteiger partial charge in [0.05, 0.1) is 23.7 Å². The molecule has 0 saturated carbocycles. The fourth-order valence-electron chi connectivity index (χ4n) is 2.16. The highest BCUT2D eigenvalue weighted by Gasteiger charge is 2.27. The van der Waals surface area contributed by atoms with Crippen LogP contribution in [0.25, 0.3) is 0 Å². The Labute approximate surface area is 132 Å². The Kier molecular flexibility index (Phi) is 6.99. The number of sulfonamides is 1. The summed E-state index contributed by atoms with van der Waals surface area (Å²) in [6, 6.07) is 5.48. The molecule has 0 N–H and O–H groups in total. The average molecular weight is 329 g/mol. The molecule has 0 saturated heterocycles. The number of hydrogen-bond acceptors (Lipinski definition) is 5. The maximum atomic E-state index is 12.6. The van der Waals surface area contributed by atoms with Crippen LogP contribution < -0.4 is 0 Å². The number of carbonyl (C=O) groups is 1. The summed E-state index contributed by atoms with van der Waals surface area (Å²) in [5.74, 6) is -0.466. The van der Waals surface area contributed by atoms with E-state index >= 15 is 0 Å². The number of hydrogen-bond donors (Lipinski definition) is 0. The number of carbonyl (C=O) groups excluding carboxylic acids is 1. The Morgan fingerprint density at radius 3 is 2.27 bits per heavy atom. The van der Waals surface area contributed by atoms with E-state index in [1.165, 1.54) is 35.7 Å². The summed E-state index contributed by atoms with van der Waals surface area (Å²) in [5, 5.41) is 0. The maximum Gasteiger partial charge on any atom is 0.338 e. The summed E-state index contributed by atoms with van der Waals surface area (Å²) >= 11 is 0. The van der Waals surface area contributed by atoms with Gasteiger partial charge in [0.15, 0.2) is 0 Å². The number of nitrogens with zero attached hydrogens (tertiary/aromatic N) is 1. The van der Waals surface area contributed by atoms with E-state index in [0.29, 0.717) is 18.7 Å². The lowest BCUT2D eigenvalue weighted by atomic mass is 10.2. The topological polar surface area (TPSA) is 72.9 Å². The lowest BCUT2D eigenvalue weighted by molar-refractivity contribution is 0.0526. The predicted octanol–water partition coefficient (Wildman–Crippen LogP) is 1.91. The van der Waals surface area contributed by atoms with Crippen molar-refractivity contribution in [3.63, 3.8) is 0 Å². The highest BCUT2D eigenvalue weighted by atomic mass is 32.2. The van der Waals surface area contributed by atoms with E-state index in [4.69, 9.17) is 9.47 Å². The summed E-state index contributed by atoms with van der Waals surface area (Å²) in [6.07, 6.45) is 0. The third-order valence-electron chi connectivity index (χ3n) is 3.18. The van der Waals surface area contributed by atoms with Gasteiger partial charge >= 0.3 is 5.97 Å². The summed E-state index contributed by atoms with van der Waals surface area (Å²) in [7, 11) is -2.09. The van der Waals surface area contributed by atoms with Crippen molar-refractivity contribution in [3.05, 3.63) is 29.8 Å². The molecule has 0 radical (unpaired) electrons. The van der Waals surface area contributed by atoms with E-state index in [9.17, 15) is 13.2 Å². The molecule has 0 spiro atoms. The molecule has 1 unspecified atom stereocenters. The minimum atomic E-state index is -3.63. The molecular formula is C15H23NO5S. The number of esters is 1. The number of likely N-dealkylation sites (N-methyl/N-ethyl adjacent to an activating group) is 1. The van der Waals surface area contributed by atoms with Crippen molar-refractivity contribution >= 4 is 16.0 Å². The second-order valence-corrected chi connectivity index (χ2v) is 6.65. The molecule has 7 heteroatoms. The molecular weight excluding hydrogens is 306 g/mol. The summed E-state index contributed by atoms with van der Waals surface area (Å²) in [6.45, 7) is 6.21. The van der Waals surface area contributed by atoms with Crippen molar-refractivity contribution in [1.29, 1.82) is 0 Å². The van der Waals surface area contributed by atoms with Crippen molar-refractivity contribution < 1.29 is 22.7 Å². The van der Waals surface area contributed by atoms with Gasteiger partial charge in [-0.15, -0.1) is 0 Å². The van der Waals surface area contributed by atoms with Crippen LogP contribution in [-0.4, -0.2) is 51.6 Å². The molecule has 124 valence electrons. The van der Waals surface area contributed by atoms with Crippen LogP contribution in [0.1, 0.15) is 31.1 Å². The van der Waals surface area contributed by atoms with Crippen LogP contribution in [0.2, 0.25) is 0 Å². The second kappa shape index (κ2) is 8.26. The molecule has 6 nitrogen and oxygen atoms in total. The van der Waals surface area contributed by atoms with Crippen molar-refractivity contribution in [3.8, 4) is 0 Å². The fourth-order valence-corrected chi connectivity index (χ4v) is 3.78. The van der Waals surface area contributed by atoms with Crippen molar-refractivity contribution in [2.24, 2.45) is 0 Å². The third kappa shape index (κ3) is 4.28. The van der Waals surface area contributed by atoms with Crippen LogP contribution in [0, 0.1) is 0 Å². The SMILES string of the molecule is CCOC(=O)c1ccc(S(=O)(=O)N(CC)C(C)COC)cc1. The van der Waals surface area contributed by atoms with Crippen molar-refractivity contribution in [2.75, 3.05) is 26.9 Å². The Balaban J connectivity index is 3.04. The lowest BCUT2D eigenvalue weighted by Crippen LogP contribution is -2.40. The Morgan fingerprint density at radius 2 is 1.82 bits per heavy atom. The van der Waals surface area contributed by atoms with Gasteiger partial charge in [-0.2, -0.15) is 4.31 Å².